The van der Waals surface area contributed by atoms with Gasteiger partial charge in [-0.05, 0) is 11.6 Å². The number of nitrogens with zero attached hydrogens (tertiary/aromatic N) is 2. The number of hydrogen-bond acceptors (Lipinski definition) is 2. The molecule has 0 amide bonds. The van der Waals surface area contributed by atoms with Crippen LogP contribution in [0.2, 0.25) is 5.02 Å². The number of benzene rings is 1. The second-order valence-corrected chi connectivity index (χ2v) is 3.96. The lowest BCUT2D eigenvalue weighted by molar-refractivity contribution is 0.652. The first-order chi connectivity index (χ1) is 8.56. The molecule has 0 radical (unpaired) electrons. The molecule has 0 bridgehead atoms. The summed E-state index contributed by atoms with van der Waals surface area (Å²) in [7, 11) is 0. The van der Waals surface area contributed by atoms with Crippen molar-refractivity contribution in [2.45, 2.75) is 6.54 Å². The molecule has 0 aliphatic heterocycles. The largest absolute Gasteiger partial charge is 0.370 e. The average Bonchev–Trinajstić information content (AvgIpc) is 2.34. The van der Waals surface area contributed by atoms with Gasteiger partial charge in [0, 0.05) is 11.6 Å². The number of rotatable bonds is 4. The molecule has 0 heterocycles. The molecular weight excluding hydrogens is 250 g/mol. The van der Waals surface area contributed by atoms with Crippen LogP contribution >= 0.6 is 11.6 Å². The minimum Gasteiger partial charge on any atom is -0.370 e. The van der Waals surface area contributed by atoms with Crippen LogP contribution in [0.3, 0.4) is 0 Å². The molecule has 1 aromatic carbocycles. The summed E-state index contributed by atoms with van der Waals surface area (Å²) in [5, 5.41) is 8.01. The maximum Gasteiger partial charge on any atom is 0.198 e. The molecule has 0 atom stereocenters. The van der Waals surface area contributed by atoms with Crippen molar-refractivity contribution in [2.75, 3.05) is 6.54 Å². The molecular formula is C12H16ClN5. The summed E-state index contributed by atoms with van der Waals surface area (Å²) in [5.74, 6) is -0.00220. The van der Waals surface area contributed by atoms with Gasteiger partial charge in [0.2, 0.25) is 0 Å². The third kappa shape index (κ3) is 3.78. The van der Waals surface area contributed by atoms with Crippen LogP contribution in [0.15, 0.2) is 41.9 Å². The van der Waals surface area contributed by atoms with E-state index in [1.165, 1.54) is 4.90 Å². The maximum absolute atomic E-state index is 7.38. The summed E-state index contributed by atoms with van der Waals surface area (Å²) in [6.07, 6.45) is 1.60. The van der Waals surface area contributed by atoms with Crippen molar-refractivity contribution in [3.8, 4) is 0 Å². The van der Waals surface area contributed by atoms with Gasteiger partial charge < -0.3 is 11.5 Å². The second-order valence-electron chi connectivity index (χ2n) is 3.55. The molecule has 0 fully saturated rings. The molecule has 0 saturated carbocycles. The van der Waals surface area contributed by atoms with Gasteiger partial charge in [-0.3, -0.25) is 10.3 Å². The van der Waals surface area contributed by atoms with Crippen LogP contribution in [0.1, 0.15) is 5.56 Å². The van der Waals surface area contributed by atoms with Crippen molar-refractivity contribution >= 4 is 23.5 Å². The number of nitrogens with one attached hydrogen (secondary N) is 1. The molecule has 6 heteroatoms. The third-order valence-electron chi connectivity index (χ3n) is 2.25. The smallest absolute Gasteiger partial charge is 0.198 e. The van der Waals surface area contributed by atoms with Gasteiger partial charge in [-0.2, -0.15) is 0 Å². The standard InChI is InChI=1S/C12H16ClN5/c1-2-7-18(11(14)15)12(16)17-8-9-5-3-4-6-10(9)13/h2-6H,1,7-8H2,(H3,14,15)(H2,16,17). The van der Waals surface area contributed by atoms with Crippen molar-refractivity contribution in [1.82, 2.24) is 4.90 Å². The van der Waals surface area contributed by atoms with Crippen molar-refractivity contribution in [1.29, 1.82) is 5.41 Å². The van der Waals surface area contributed by atoms with Crippen molar-refractivity contribution < 1.29 is 0 Å². The summed E-state index contributed by atoms with van der Waals surface area (Å²) >= 11 is 6.00. The van der Waals surface area contributed by atoms with Gasteiger partial charge in [0.15, 0.2) is 11.9 Å². The lowest BCUT2D eigenvalue weighted by atomic mass is 10.2. The number of nitrogens with two attached hydrogens (primary N) is 2. The van der Waals surface area contributed by atoms with Crippen LogP contribution in [0.25, 0.3) is 0 Å². The van der Waals surface area contributed by atoms with Gasteiger partial charge in [0.05, 0.1) is 6.54 Å². The summed E-state index contributed by atoms with van der Waals surface area (Å²) in [6.45, 7) is 4.25. The molecule has 0 aliphatic rings. The molecule has 0 unspecified atom stereocenters. The van der Waals surface area contributed by atoms with E-state index in [9.17, 15) is 0 Å². The molecule has 96 valence electrons. The Balaban J connectivity index is 2.80. The number of hydrogen-bond donors (Lipinski definition) is 3. The van der Waals surface area contributed by atoms with Gasteiger partial charge in [-0.15, -0.1) is 6.58 Å². The van der Waals surface area contributed by atoms with Crippen LogP contribution in [0, 0.1) is 5.41 Å². The Labute approximate surface area is 111 Å². The van der Waals surface area contributed by atoms with E-state index in [2.05, 4.69) is 11.6 Å². The minimum absolute atomic E-state index is 0.169. The van der Waals surface area contributed by atoms with E-state index >= 15 is 0 Å². The average molecular weight is 266 g/mol. The van der Waals surface area contributed by atoms with Gasteiger partial charge in [-0.1, -0.05) is 35.9 Å². The lowest BCUT2D eigenvalue weighted by Gasteiger charge is -2.19. The van der Waals surface area contributed by atoms with E-state index < -0.39 is 0 Å². The summed E-state index contributed by atoms with van der Waals surface area (Å²) < 4.78 is 0. The zero-order chi connectivity index (χ0) is 13.5. The zero-order valence-electron chi connectivity index (χ0n) is 9.94. The van der Waals surface area contributed by atoms with Crippen LogP contribution in [0.5, 0.6) is 0 Å². The fourth-order valence-electron chi connectivity index (χ4n) is 1.32. The van der Waals surface area contributed by atoms with Crippen molar-refractivity contribution in [3.05, 3.63) is 47.5 Å². The van der Waals surface area contributed by atoms with Crippen LogP contribution in [-0.2, 0) is 6.54 Å². The lowest BCUT2D eigenvalue weighted by Crippen LogP contribution is -2.45. The summed E-state index contributed by atoms with van der Waals surface area (Å²) in [4.78, 5) is 5.51. The van der Waals surface area contributed by atoms with Crippen LogP contribution in [0.4, 0.5) is 0 Å². The Morgan fingerprint density at radius 1 is 1.44 bits per heavy atom. The fraction of sp³-hybridized carbons (Fsp3) is 0.167. The first-order valence-corrected chi connectivity index (χ1v) is 5.69. The number of halogens is 1. The number of aliphatic imine (C=N–C) groups is 1. The Morgan fingerprint density at radius 2 is 2.11 bits per heavy atom. The number of guanidine groups is 2. The molecule has 1 aromatic rings. The monoisotopic (exact) mass is 265 g/mol. The Kier molecular flexibility index (Phi) is 5.20. The molecule has 5 nitrogen and oxygen atoms in total. The molecule has 1 rings (SSSR count). The third-order valence-corrected chi connectivity index (χ3v) is 2.62. The van der Waals surface area contributed by atoms with E-state index in [0.717, 1.165) is 5.56 Å². The van der Waals surface area contributed by atoms with E-state index in [1.54, 1.807) is 12.1 Å². The topological polar surface area (TPSA) is 91.5 Å². The summed E-state index contributed by atoms with van der Waals surface area (Å²) in [5.41, 5.74) is 12.0. The van der Waals surface area contributed by atoms with Gasteiger partial charge in [0.25, 0.3) is 0 Å². The minimum atomic E-state index is -0.171. The zero-order valence-corrected chi connectivity index (χ0v) is 10.7. The first kappa shape index (κ1) is 14.1. The van der Waals surface area contributed by atoms with Crippen LogP contribution in [-0.4, -0.2) is 23.4 Å². The Morgan fingerprint density at radius 3 is 2.67 bits per heavy atom. The molecule has 18 heavy (non-hydrogen) atoms. The summed E-state index contributed by atoms with van der Waals surface area (Å²) in [6, 6.07) is 7.37. The highest BCUT2D eigenvalue weighted by atomic mass is 35.5. The molecule has 0 spiro atoms. The van der Waals surface area contributed by atoms with Crippen LogP contribution < -0.4 is 11.5 Å². The van der Waals surface area contributed by atoms with Gasteiger partial charge >= 0.3 is 0 Å². The van der Waals surface area contributed by atoms with Gasteiger partial charge in [0.1, 0.15) is 0 Å². The van der Waals surface area contributed by atoms with E-state index in [-0.39, 0.29) is 11.9 Å². The second kappa shape index (κ2) is 6.66. The van der Waals surface area contributed by atoms with E-state index in [0.29, 0.717) is 18.1 Å². The SMILES string of the molecule is C=CCN(C(=N)N)C(N)=NCc1ccccc1Cl. The fourth-order valence-corrected chi connectivity index (χ4v) is 1.52. The molecule has 0 saturated heterocycles. The highest BCUT2D eigenvalue weighted by Crippen LogP contribution is 2.15. The maximum atomic E-state index is 7.38. The highest BCUT2D eigenvalue weighted by Gasteiger charge is 2.08. The van der Waals surface area contributed by atoms with Gasteiger partial charge in [-0.25, -0.2) is 4.99 Å². The van der Waals surface area contributed by atoms with E-state index in [4.69, 9.17) is 28.5 Å². The molecule has 0 aliphatic carbocycles. The highest BCUT2D eigenvalue weighted by molar-refractivity contribution is 6.31. The predicted molar refractivity (Wildman–Crippen MR) is 75.6 cm³/mol. The van der Waals surface area contributed by atoms with Crippen molar-refractivity contribution in [2.24, 2.45) is 16.5 Å². The van der Waals surface area contributed by atoms with E-state index in [1.807, 2.05) is 18.2 Å². The molecule has 5 N–H and O–H groups in total. The van der Waals surface area contributed by atoms with Crippen molar-refractivity contribution in [3.63, 3.8) is 0 Å². The Bertz CT molecular complexity index is 469. The molecule has 0 aromatic heterocycles. The Hall–Kier alpha value is -2.01. The normalized spacial score (nSPS) is 11.1. The quantitative estimate of drug-likeness (QED) is 0.438. The first-order valence-electron chi connectivity index (χ1n) is 5.32. The predicted octanol–water partition coefficient (Wildman–Crippen LogP) is 1.54.